The minimum absolute atomic E-state index is 0.0148. The van der Waals surface area contributed by atoms with Crippen LogP contribution in [-0.4, -0.2) is 71.5 Å². The number of pyridine rings is 1. The van der Waals surface area contributed by atoms with Crippen LogP contribution in [0.4, 0.5) is 34.6 Å². The standard InChI is InChI=1S/C31H26N10O9S2/c32-25-22(52(48,49)50)13-20(23-24(25)27(43)18-6-2-1-5-17(18)26(23)42)37-16-7-8-19(21(12-16)51(45,46)47)35-9-10-36-30-38-29(34)39-31(40-30)41-11-3-4-15(14-41)28(33)44/h1-8,11-14H,9-10H2,(H10-,32,33,34,35,36,37,38,39,40,42,43,44,45,46,47,48,49,50)/p+1. The molecular formula is C31H27N10O9S2+. The molecule has 266 valence electrons. The van der Waals surface area contributed by atoms with Crippen molar-refractivity contribution in [3.8, 4) is 5.95 Å². The summed E-state index contributed by atoms with van der Waals surface area (Å²) in [6, 6.07) is 13.3. The van der Waals surface area contributed by atoms with Crippen LogP contribution in [0.5, 0.6) is 0 Å². The SMILES string of the molecule is NC(=O)c1ccc[n+](-c2nc(N)nc(NCCNc3ccc(Nc4cc(S(=O)(=O)O)c(N)c5c4C(=O)c4ccccc4C5=O)cc3S(=O)(=O)O)n2)c1. The van der Waals surface area contributed by atoms with Crippen LogP contribution in [0.3, 0.4) is 0 Å². The Morgan fingerprint density at radius 2 is 1.42 bits per heavy atom. The van der Waals surface area contributed by atoms with Crippen molar-refractivity contribution in [2.45, 2.75) is 9.79 Å². The van der Waals surface area contributed by atoms with Gasteiger partial charge in [-0.1, -0.05) is 24.3 Å². The van der Waals surface area contributed by atoms with Gasteiger partial charge in [0.25, 0.3) is 26.1 Å². The van der Waals surface area contributed by atoms with Crippen LogP contribution >= 0.6 is 0 Å². The Morgan fingerprint density at radius 1 is 0.769 bits per heavy atom. The highest BCUT2D eigenvalue weighted by Gasteiger charge is 2.36. The third kappa shape index (κ3) is 6.91. The molecular weight excluding hydrogens is 721 g/mol. The van der Waals surface area contributed by atoms with E-state index in [2.05, 4.69) is 30.9 Å². The van der Waals surface area contributed by atoms with Gasteiger partial charge in [0.2, 0.25) is 0 Å². The van der Waals surface area contributed by atoms with Crippen molar-refractivity contribution in [2.24, 2.45) is 5.73 Å². The van der Waals surface area contributed by atoms with Gasteiger partial charge in [-0.3, -0.25) is 23.5 Å². The van der Waals surface area contributed by atoms with Crippen molar-refractivity contribution in [1.82, 2.24) is 15.0 Å². The molecule has 6 rings (SSSR count). The van der Waals surface area contributed by atoms with E-state index in [9.17, 15) is 40.3 Å². The van der Waals surface area contributed by atoms with Crippen LogP contribution in [0.1, 0.15) is 42.2 Å². The minimum Gasteiger partial charge on any atom is -0.397 e. The van der Waals surface area contributed by atoms with Crippen LogP contribution in [-0.2, 0) is 20.2 Å². The maximum atomic E-state index is 13.6. The number of nitrogens with two attached hydrogens (primary N) is 3. The van der Waals surface area contributed by atoms with Gasteiger partial charge in [-0.25, -0.2) is 4.57 Å². The van der Waals surface area contributed by atoms with E-state index in [-0.39, 0.29) is 70.3 Å². The third-order valence-electron chi connectivity index (χ3n) is 7.70. The van der Waals surface area contributed by atoms with Gasteiger partial charge >= 0.3 is 17.8 Å². The lowest BCUT2D eigenvalue weighted by Crippen LogP contribution is -2.35. The van der Waals surface area contributed by atoms with Crippen molar-refractivity contribution in [1.29, 1.82) is 0 Å². The fraction of sp³-hybridized carbons (Fsp3) is 0.0645. The zero-order valence-corrected chi connectivity index (χ0v) is 28.1. The number of carbonyl (C=O) groups is 3. The number of ketones is 2. The smallest absolute Gasteiger partial charge is 0.397 e. The highest BCUT2D eigenvalue weighted by Crippen LogP contribution is 2.40. The molecule has 19 nitrogen and oxygen atoms in total. The lowest BCUT2D eigenvalue weighted by Gasteiger charge is -2.24. The molecule has 21 heteroatoms. The summed E-state index contributed by atoms with van der Waals surface area (Å²) in [4.78, 5) is 49.5. The maximum Gasteiger partial charge on any atom is 0.444 e. The number of benzene rings is 3. The number of hydrogen-bond acceptors (Lipinski definition) is 15. The van der Waals surface area contributed by atoms with E-state index in [0.29, 0.717) is 0 Å². The van der Waals surface area contributed by atoms with Gasteiger partial charge < -0.3 is 33.2 Å². The van der Waals surface area contributed by atoms with Crippen molar-refractivity contribution in [3.05, 3.63) is 101 Å². The molecule has 0 unspecified atom stereocenters. The van der Waals surface area contributed by atoms with E-state index in [1.54, 1.807) is 12.3 Å². The molecule has 0 saturated heterocycles. The second kappa shape index (κ2) is 13.3. The first-order valence-corrected chi connectivity index (χ1v) is 17.7. The number of nitrogens with zero attached hydrogens (tertiary/aromatic N) is 4. The lowest BCUT2D eigenvalue weighted by molar-refractivity contribution is -0.603. The van der Waals surface area contributed by atoms with Gasteiger partial charge in [0.05, 0.1) is 46.1 Å². The van der Waals surface area contributed by atoms with Gasteiger partial charge in [-0.15, -0.1) is 4.98 Å². The molecule has 1 aliphatic rings. The predicted octanol–water partition coefficient (Wildman–Crippen LogP) is 0.948. The highest BCUT2D eigenvalue weighted by atomic mass is 32.2. The molecule has 3 aromatic carbocycles. The summed E-state index contributed by atoms with van der Waals surface area (Å²) >= 11 is 0. The lowest BCUT2D eigenvalue weighted by atomic mass is 9.82. The summed E-state index contributed by atoms with van der Waals surface area (Å²) in [6.07, 6.45) is 2.97. The third-order valence-corrected chi connectivity index (χ3v) is 9.48. The Kier molecular flexibility index (Phi) is 9.02. The minimum atomic E-state index is -5.01. The number of hydrogen-bond donors (Lipinski definition) is 8. The molecule has 1 amide bonds. The number of nitrogens with one attached hydrogen (secondary N) is 3. The van der Waals surface area contributed by atoms with Crippen LogP contribution in [0.15, 0.2) is 82.8 Å². The summed E-state index contributed by atoms with van der Waals surface area (Å²) < 4.78 is 70.8. The van der Waals surface area contributed by atoms with E-state index < -0.39 is 58.8 Å². The number of anilines is 6. The molecule has 2 heterocycles. The van der Waals surface area contributed by atoms with Crippen molar-refractivity contribution in [2.75, 3.05) is 40.5 Å². The van der Waals surface area contributed by atoms with E-state index >= 15 is 0 Å². The van der Waals surface area contributed by atoms with Gasteiger partial charge in [-0.2, -0.15) is 16.8 Å². The number of fused-ring (bicyclic) bond motifs is 2. The number of nitrogen functional groups attached to an aromatic ring is 2. The average molecular weight is 748 g/mol. The zero-order valence-electron chi connectivity index (χ0n) is 26.4. The first-order chi connectivity index (χ1) is 24.5. The first kappa shape index (κ1) is 35.3. The van der Waals surface area contributed by atoms with E-state index in [0.717, 1.165) is 12.1 Å². The Bertz CT molecular complexity index is 2560. The van der Waals surface area contributed by atoms with Gasteiger partial charge in [0, 0.05) is 29.9 Å². The Morgan fingerprint density at radius 3 is 2.08 bits per heavy atom. The summed E-state index contributed by atoms with van der Waals surface area (Å²) in [5.41, 5.74) is 15.5. The molecule has 5 aromatic rings. The highest BCUT2D eigenvalue weighted by molar-refractivity contribution is 7.86. The molecule has 0 atom stereocenters. The van der Waals surface area contributed by atoms with Crippen LogP contribution < -0.4 is 37.7 Å². The Balaban J connectivity index is 1.26. The van der Waals surface area contributed by atoms with Crippen LogP contribution in [0.25, 0.3) is 5.95 Å². The Hall–Kier alpha value is -6.55. The topological polar surface area (TPSA) is 317 Å². The van der Waals surface area contributed by atoms with Crippen molar-refractivity contribution < 1.29 is 44.9 Å². The predicted molar refractivity (Wildman–Crippen MR) is 185 cm³/mol. The summed E-state index contributed by atoms with van der Waals surface area (Å²) in [6.45, 7) is 0.132. The van der Waals surface area contributed by atoms with E-state index in [1.165, 1.54) is 53.2 Å². The number of aromatic nitrogens is 4. The maximum absolute atomic E-state index is 13.6. The molecule has 0 fully saturated rings. The number of amides is 1. The monoisotopic (exact) mass is 747 g/mol. The van der Waals surface area contributed by atoms with Crippen molar-refractivity contribution >= 4 is 72.4 Å². The Labute approximate surface area is 294 Å². The number of rotatable bonds is 11. The molecule has 1 aliphatic carbocycles. The molecule has 0 aliphatic heterocycles. The van der Waals surface area contributed by atoms with Crippen LogP contribution in [0.2, 0.25) is 0 Å². The van der Waals surface area contributed by atoms with Crippen molar-refractivity contribution in [3.63, 3.8) is 0 Å². The van der Waals surface area contributed by atoms with Gasteiger partial charge in [0.1, 0.15) is 9.79 Å². The average Bonchev–Trinajstić information content (AvgIpc) is 3.09. The quantitative estimate of drug-likeness (QED) is 0.0396. The molecule has 0 spiro atoms. The number of primary amides is 1. The first-order valence-electron chi connectivity index (χ1n) is 14.8. The molecule has 11 N–H and O–H groups in total. The fourth-order valence-corrected chi connectivity index (χ4v) is 6.75. The van der Waals surface area contributed by atoms with E-state index in [1.807, 2.05) is 0 Å². The zero-order chi connectivity index (χ0) is 37.5. The van der Waals surface area contributed by atoms with Gasteiger partial charge in [0.15, 0.2) is 11.6 Å². The van der Waals surface area contributed by atoms with E-state index in [4.69, 9.17) is 17.2 Å². The number of carbonyl (C=O) groups excluding carboxylic acids is 3. The molecule has 52 heavy (non-hydrogen) atoms. The molecule has 0 saturated carbocycles. The summed E-state index contributed by atoms with van der Waals surface area (Å²) in [5.74, 6) is -2.15. The molecule has 2 aromatic heterocycles. The fourth-order valence-electron chi connectivity index (χ4n) is 5.41. The summed E-state index contributed by atoms with van der Waals surface area (Å²) in [7, 11) is -9.90. The molecule has 0 radical (unpaired) electrons. The normalized spacial score (nSPS) is 12.5. The largest absolute Gasteiger partial charge is 0.444 e. The summed E-state index contributed by atoms with van der Waals surface area (Å²) in [5, 5.41) is 8.49. The second-order valence-corrected chi connectivity index (χ2v) is 13.9. The van der Waals surface area contributed by atoms with Crippen LogP contribution in [0, 0.1) is 0 Å². The molecule has 0 bridgehead atoms. The van der Waals surface area contributed by atoms with Gasteiger partial charge in [-0.05, 0) is 46.4 Å². The second-order valence-electron chi connectivity index (χ2n) is 11.1.